The number of carbonyl (C=O) groups is 1. The Morgan fingerprint density at radius 3 is 2.85 bits per heavy atom. The van der Waals surface area contributed by atoms with Crippen molar-refractivity contribution in [3.05, 3.63) is 35.0 Å². The molecule has 1 aliphatic heterocycles. The molecule has 1 saturated heterocycles. The molecule has 0 atom stereocenters. The Hall–Kier alpha value is -1.76. The highest BCUT2D eigenvalue weighted by Crippen LogP contribution is 2.32. The first-order valence-corrected chi connectivity index (χ1v) is 10.6. The molecule has 5 nitrogen and oxygen atoms in total. The van der Waals surface area contributed by atoms with Crippen LogP contribution in [0.25, 0.3) is 10.4 Å². The van der Waals surface area contributed by atoms with Gasteiger partial charge in [-0.05, 0) is 57.5 Å². The second kappa shape index (κ2) is 9.97. The fourth-order valence-electron chi connectivity index (χ4n) is 3.61. The van der Waals surface area contributed by atoms with E-state index >= 15 is 0 Å². The molecule has 1 aliphatic rings. The van der Waals surface area contributed by atoms with Crippen LogP contribution in [0, 0.1) is 12.8 Å². The average Bonchev–Trinajstić information content (AvgIpc) is 3.11. The number of rotatable bonds is 9. The fourth-order valence-corrected chi connectivity index (χ4v) is 4.41. The first-order valence-electron chi connectivity index (χ1n) is 9.68. The zero-order chi connectivity index (χ0) is 19.1. The molecule has 1 aromatic heterocycles. The van der Waals surface area contributed by atoms with Crippen LogP contribution in [0.3, 0.4) is 0 Å². The van der Waals surface area contributed by atoms with Gasteiger partial charge >= 0.3 is 0 Å². The first kappa shape index (κ1) is 20.0. The summed E-state index contributed by atoms with van der Waals surface area (Å²) in [4.78, 5) is 18.7. The minimum atomic E-state index is 0.571. The molecule has 6 heteroatoms. The molecule has 2 heterocycles. The van der Waals surface area contributed by atoms with E-state index in [0.717, 1.165) is 56.8 Å². The molecule has 0 saturated carbocycles. The Bertz CT molecular complexity index is 739. The van der Waals surface area contributed by atoms with E-state index in [4.69, 9.17) is 4.74 Å². The van der Waals surface area contributed by atoms with Crippen LogP contribution >= 0.6 is 11.3 Å². The van der Waals surface area contributed by atoms with Crippen molar-refractivity contribution in [2.45, 2.75) is 32.7 Å². The lowest BCUT2D eigenvalue weighted by molar-refractivity contribution is -0.108. The predicted octanol–water partition coefficient (Wildman–Crippen LogP) is 3.52. The van der Waals surface area contributed by atoms with Crippen LogP contribution in [0.2, 0.25) is 0 Å². The lowest BCUT2D eigenvalue weighted by Crippen LogP contribution is -2.36. The van der Waals surface area contributed by atoms with Crippen molar-refractivity contribution in [3.63, 3.8) is 0 Å². The Morgan fingerprint density at radius 2 is 2.19 bits per heavy atom. The van der Waals surface area contributed by atoms with Gasteiger partial charge in [-0.1, -0.05) is 12.1 Å². The molecule has 0 radical (unpaired) electrons. The molecular weight excluding hydrogens is 358 g/mol. The molecule has 0 spiro atoms. The van der Waals surface area contributed by atoms with Gasteiger partial charge in [0.05, 0.1) is 16.1 Å². The number of aldehydes is 1. The summed E-state index contributed by atoms with van der Waals surface area (Å²) >= 11 is 1.67. The van der Waals surface area contributed by atoms with E-state index in [0.29, 0.717) is 18.9 Å². The molecule has 146 valence electrons. The normalized spacial score (nSPS) is 15.8. The number of thiazole rings is 1. The lowest BCUT2D eigenvalue weighted by atomic mass is 9.94. The SMILES string of the molecule is CNCc1ccc(-c2scnc2C)cc1OCCN1CCC(CC=O)CC1. The van der Waals surface area contributed by atoms with Gasteiger partial charge in [0, 0.05) is 25.1 Å². The number of likely N-dealkylation sites (tertiary alicyclic amines) is 1. The average molecular weight is 388 g/mol. The van der Waals surface area contributed by atoms with Gasteiger partial charge < -0.3 is 14.8 Å². The molecule has 1 aromatic carbocycles. The van der Waals surface area contributed by atoms with Crippen molar-refractivity contribution in [1.82, 2.24) is 15.2 Å². The number of nitrogens with one attached hydrogen (secondary N) is 1. The zero-order valence-electron chi connectivity index (χ0n) is 16.2. The minimum absolute atomic E-state index is 0.571. The third-order valence-electron chi connectivity index (χ3n) is 5.24. The van der Waals surface area contributed by atoms with Gasteiger partial charge in [0.25, 0.3) is 0 Å². The van der Waals surface area contributed by atoms with Crippen molar-refractivity contribution in [2.75, 3.05) is 33.3 Å². The van der Waals surface area contributed by atoms with Gasteiger partial charge in [0.1, 0.15) is 18.6 Å². The fraction of sp³-hybridized carbons (Fsp3) is 0.524. The van der Waals surface area contributed by atoms with Crippen molar-refractivity contribution < 1.29 is 9.53 Å². The summed E-state index contributed by atoms with van der Waals surface area (Å²) < 4.78 is 6.19. The van der Waals surface area contributed by atoms with Gasteiger partial charge in [-0.25, -0.2) is 4.98 Å². The van der Waals surface area contributed by atoms with Crippen molar-refractivity contribution in [1.29, 1.82) is 0 Å². The molecule has 0 bridgehead atoms. The zero-order valence-corrected chi connectivity index (χ0v) is 17.1. The van der Waals surface area contributed by atoms with Gasteiger partial charge in [0.2, 0.25) is 0 Å². The monoisotopic (exact) mass is 387 g/mol. The summed E-state index contributed by atoms with van der Waals surface area (Å²) in [7, 11) is 1.95. The van der Waals surface area contributed by atoms with E-state index in [9.17, 15) is 4.79 Å². The predicted molar refractivity (Wildman–Crippen MR) is 110 cm³/mol. The number of piperidine rings is 1. The van der Waals surface area contributed by atoms with Crippen LogP contribution in [0.1, 0.15) is 30.5 Å². The molecule has 0 amide bonds. The van der Waals surface area contributed by atoms with Gasteiger partial charge in [-0.2, -0.15) is 0 Å². The number of aromatic nitrogens is 1. The van der Waals surface area contributed by atoms with Crippen LogP contribution in [-0.2, 0) is 11.3 Å². The number of hydrogen-bond acceptors (Lipinski definition) is 6. The van der Waals surface area contributed by atoms with Crippen LogP contribution < -0.4 is 10.1 Å². The van der Waals surface area contributed by atoms with Gasteiger partial charge in [0.15, 0.2) is 0 Å². The summed E-state index contributed by atoms with van der Waals surface area (Å²) in [5.74, 6) is 1.52. The standard InChI is InChI=1S/C21H29N3O2S/c1-16-21(27-15-23-16)18-3-4-19(14-22-2)20(13-18)26-12-10-24-8-5-17(6-9-24)7-11-25/h3-4,11,13,15,17,22H,5-10,12,14H2,1-2H3. The van der Waals surface area contributed by atoms with E-state index in [1.165, 1.54) is 16.0 Å². The largest absolute Gasteiger partial charge is 0.492 e. The number of carbonyl (C=O) groups excluding carboxylic acids is 1. The number of benzene rings is 1. The molecule has 1 N–H and O–H groups in total. The van der Waals surface area contributed by atoms with Crippen molar-refractivity contribution in [3.8, 4) is 16.2 Å². The highest BCUT2D eigenvalue weighted by Gasteiger charge is 2.18. The summed E-state index contributed by atoms with van der Waals surface area (Å²) in [6.45, 7) is 6.56. The Morgan fingerprint density at radius 1 is 1.37 bits per heavy atom. The number of aryl methyl sites for hydroxylation is 1. The maximum absolute atomic E-state index is 10.7. The molecule has 1 fully saturated rings. The van der Waals surface area contributed by atoms with E-state index in [1.54, 1.807) is 11.3 Å². The Labute approximate surface area is 165 Å². The number of nitrogens with zero attached hydrogens (tertiary/aromatic N) is 2. The summed E-state index contributed by atoms with van der Waals surface area (Å²) in [6.07, 6.45) is 4.00. The Balaban J connectivity index is 1.60. The molecular formula is C21H29N3O2S. The Kier molecular flexibility index (Phi) is 7.38. The maximum Gasteiger partial charge on any atom is 0.124 e. The topological polar surface area (TPSA) is 54.5 Å². The summed E-state index contributed by atoms with van der Waals surface area (Å²) in [5, 5.41) is 3.22. The lowest BCUT2D eigenvalue weighted by Gasteiger charge is -2.31. The van der Waals surface area contributed by atoms with Crippen molar-refractivity contribution in [2.24, 2.45) is 5.92 Å². The van der Waals surface area contributed by atoms with Gasteiger partial charge in [-0.3, -0.25) is 4.90 Å². The molecule has 0 unspecified atom stereocenters. The minimum Gasteiger partial charge on any atom is -0.492 e. The van der Waals surface area contributed by atoms with E-state index in [2.05, 4.69) is 33.4 Å². The molecule has 0 aliphatic carbocycles. The number of hydrogen-bond donors (Lipinski definition) is 1. The maximum atomic E-state index is 10.7. The van der Waals surface area contributed by atoms with Crippen LogP contribution in [-0.4, -0.2) is 49.5 Å². The molecule has 27 heavy (non-hydrogen) atoms. The smallest absolute Gasteiger partial charge is 0.124 e. The highest BCUT2D eigenvalue weighted by atomic mass is 32.1. The highest BCUT2D eigenvalue weighted by molar-refractivity contribution is 7.13. The van der Waals surface area contributed by atoms with E-state index < -0.39 is 0 Å². The van der Waals surface area contributed by atoms with E-state index in [1.807, 2.05) is 19.5 Å². The van der Waals surface area contributed by atoms with Crippen LogP contribution in [0.15, 0.2) is 23.7 Å². The van der Waals surface area contributed by atoms with Gasteiger partial charge in [-0.15, -0.1) is 11.3 Å². The quantitative estimate of drug-likeness (QED) is 0.667. The van der Waals surface area contributed by atoms with E-state index in [-0.39, 0.29) is 0 Å². The second-order valence-electron chi connectivity index (χ2n) is 7.16. The summed E-state index contributed by atoms with van der Waals surface area (Å²) in [5.41, 5.74) is 5.29. The summed E-state index contributed by atoms with van der Waals surface area (Å²) in [6, 6.07) is 6.44. The van der Waals surface area contributed by atoms with Crippen molar-refractivity contribution >= 4 is 17.6 Å². The van der Waals surface area contributed by atoms with Crippen LogP contribution in [0.5, 0.6) is 5.75 Å². The molecule has 2 aromatic rings. The van der Waals surface area contributed by atoms with Crippen LogP contribution in [0.4, 0.5) is 0 Å². The second-order valence-corrected chi connectivity index (χ2v) is 8.01. The first-order chi connectivity index (χ1) is 13.2. The third kappa shape index (κ3) is 5.37. The molecule has 3 rings (SSSR count). The number of ether oxygens (including phenoxy) is 1. The third-order valence-corrected chi connectivity index (χ3v) is 6.22.